The van der Waals surface area contributed by atoms with Gasteiger partial charge in [-0.25, -0.2) is 0 Å². The van der Waals surface area contributed by atoms with E-state index in [0.29, 0.717) is 19.3 Å². The number of unbranched alkanes of at least 4 members (excludes halogenated alkanes) is 36. The predicted molar refractivity (Wildman–Crippen MR) is 287 cm³/mol. The Bertz CT molecular complexity index is 1090. The fourth-order valence-electron chi connectivity index (χ4n) is 9.01. The lowest BCUT2D eigenvalue weighted by molar-refractivity contribution is -0.151. The van der Waals surface area contributed by atoms with Crippen LogP contribution in [0.15, 0.2) is 36.5 Å². The molecule has 66 heavy (non-hydrogen) atoms. The molecule has 0 aliphatic rings. The number of aliphatic hydroxyl groups is 2. The molecule has 0 heterocycles. The number of carbonyl (C=O) groups excluding carboxylic acids is 2. The molecular formula is C60H113NO5. The zero-order chi connectivity index (χ0) is 48.1. The van der Waals surface area contributed by atoms with Crippen molar-refractivity contribution in [3.8, 4) is 0 Å². The Kier molecular flexibility index (Phi) is 52.5. The zero-order valence-electron chi connectivity index (χ0n) is 44.3. The Morgan fingerprint density at radius 3 is 1.20 bits per heavy atom. The highest BCUT2D eigenvalue weighted by molar-refractivity contribution is 5.77. The number of ether oxygens (including phenoxy) is 1. The standard InChI is InChI=1S/C60H113NO5/c1-4-7-10-13-16-19-22-25-27-29-31-33-35-38-41-44-47-50-53-60(65)66-56(51-48-45-42-39-36-24-21-18-15-12-9-6-3)54-59(64)61-57(55-62)58(63)52-49-46-43-40-37-34-32-30-28-26-23-20-17-14-11-8-5-2/h27,29,31,33,39,42,56-58,62-63H,4-26,28,30,32,34-38,40-41,43-55H2,1-3H3,(H,61,64)/b29-27+,33-31+,42-39-. The molecule has 0 aliphatic heterocycles. The maximum atomic E-state index is 13.2. The topological polar surface area (TPSA) is 95.9 Å². The lowest BCUT2D eigenvalue weighted by Crippen LogP contribution is -2.46. The van der Waals surface area contributed by atoms with Crippen LogP contribution in [-0.4, -0.2) is 46.9 Å². The maximum absolute atomic E-state index is 13.2. The van der Waals surface area contributed by atoms with Crippen LogP contribution in [0.4, 0.5) is 0 Å². The molecule has 0 bridgehead atoms. The summed E-state index contributed by atoms with van der Waals surface area (Å²) in [6.45, 7) is 6.50. The highest BCUT2D eigenvalue weighted by Crippen LogP contribution is 2.18. The molecule has 0 fully saturated rings. The summed E-state index contributed by atoms with van der Waals surface area (Å²) >= 11 is 0. The van der Waals surface area contributed by atoms with Gasteiger partial charge in [-0.1, -0.05) is 263 Å². The first-order valence-electron chi connectivity index (χ1n) is 29.2. The Morgan fingerprint density at radius 2 is 0.788 bits per heavy atom. The number of carbonyl (C=O) groups is 2. The third-order valence-corrected chi connectivity index (χ3v) is 13.5. The van der Waals surface area contributed by atoms with Crippen LogP contribution in [0.5, 0.6) is 0 Å². The molecule has 0 aromatic heterocycles. The van der Waals surface area contributed by atoms with Gasteiger partial charge >= 0.3 is 5.97 Å². The van der Waals surface area contributed by atoms with E-state index in [-0.39, 0.29) is 24.9 Å². The van der Waals surface area contributed by atoms with Gasteiger partial charge in [-0.05, 0) is 70.6 Å². The third-order valence-electron chi connectivity index (χ3n) is 13.5. The first kappa shape index (κ1) is 64.1. The number of hydrogen-bond acceptors (Lipinski definition) is 5. The molecule has 3 N–H and O–H groups in total. The molecule has 6 heteroatoms. The molecule has 0 rings (SSSR count). The molecule has 3 unspecified atom stereocenters. The van der Waals surface area contributed by atoms with Gasteiger partial charge in [0.05, 0.1) is 25.2 Å². The minimum atomic E-state index is -0.796. The van der Waals surface area contributed by atoms with Gasteiger partial charge in [0, 0.05) is 6.42 Å². The van der Waals surface area contributed by atoms with Gasteiger partial charge in [0.15, 0.2) is 0 Å². The molecule has 0 radical (unpaired) electrons. The van der Waals surface area contributed by atoms with Crippen molar-refractivity contribution in [2.75, 3.05) is 6.61 Å². The van der Waals surface area contributed by atoms with Crippen molar-refractivity contribution in [1.29, 1.82) is 0 Å². The van der Waals surface area contributed by atoms with Crippen molar-refractivity contribution in [3.63, 3.8) is 0 Å². The van der Waals surface area contributed by atoms with Crippen LogP contribution >= 0.6 is 0 Å². The number of rotatable bonds is 53. The predicted octanol–water partition coefficient (Wildman–Crippen LogP) is 18.0. The van der Waals surface area contributed by atoms with Crippen molar-refractivity contribution < 1.29 is 24.5 Å². The first-order valence-corrected chi connectivity index (χ1v) is 29.2. The highest BCUT2D eigenvalue weighted by atomic mass is 16.5. The molecule has 0 aromatic carbocycles. The van der Waals surface area contributed by atoms with Crippen molar-refractivity contribution >= 4 is 11.9 Å². The smallest absolute Gasteiger partial charge is 0.306 e. The number of aliphatic hydroxyl groups excluding tert-OH is 2. The van der Waals surface area contributed by atoms with Gasteiger partial charge in [-0.2, -0.15) is 0 Å². The van der Waals surface area contributed by atoms with Gasteiger partial charge < -0.3 is 20.3 Å². The zero-order valence-corrected chi connectivity index (χ0v) is 44.3. The molecule has 0 saturated heterocycles. The van der Waals surface area contributed by atoms with Gasteiger partial charge in [0.25, 0.3) is 0 Å². The summed E-state index contributed by atoms with van der Waals surface area (Å²) in [7, 11) is 0. The number of nitrogens with one attached hydrogen (secondary N) is 1. The van der Waals surface area contributed by atoms with Crippen LogP contribution in [0.25, 0.3) is 0 Å². The van der Waals surface area contributed by atoms with Crippen molar-refractivity contribution in [3.05, 3.63) is 36.5 Å². The monoisotopic (exact) mass is 928 g/mol. The molecule has 0 aromatic rings. The average molecular weight is 929 g/mol. The second-order valence-electron chi connectivity index (χ2n) is 20.1. The molecule has 0 spiro atoms. The van der Waals surface area contributed by atoms with E-state index in [1.54, 1.807) is 0 Å². The fourth-order valence-corrected chi connectivity index (χ4v) is 9.01. The number of allylic oxidation sites excluding steroid dienone is 6. The van der Waals surface area contributed by atoms with E-state index in [1.165, 1.54) is 193 Å². The Morgan fingerprint density at radius 1 is 0.439 bits per heavy atom. The van der Waals surface area contributed by atoms with Gasteiger partial charge in [0.1, 0.15) is 6.10 Å². The summed E-state index contributed by atoms with van der Waals surface area (Å²) < 4.78 is 5.93. The molecule has 1 amide bonds. The van der Waals surface area contributed by atoms with Crippen LogP contribution in [0.1, 0.15) is 310 Å². The molecule has 0 aliphatic carbocycles. The van der Waals surface area contributed by atoms with Crippen molar-refractivity contribution in [2.45, 2.75) is 328 Å². The van der Waals surface area contributed by atoms with Gasteiger partial charge in [-0.15, -0.1) is 0 Å². The molecule has 3 atom stereocenters. The van der Waals surface area contributed by atoms with E-state index in [4.69, 9.17) is 4.74 Å². The van der Waals surface area contributed by atoms with E-state index >= 15 is 0 Å². The molecular weight excluding hydrogens is 815 g/mol. The van der Waals surface area contributed by atoms with Crippen LogP contribution < -0.4 is 5.32 Å². The molecule has 388 valence electrons. The number of esters is 1. The minimum Gasteiger partial charge on any atom is -0.462 e. The van der Waals surface area contributed by atoms with Crippen LogP contribution in [0, 0.1) is 0 Å². The van der Waals surface area contributed by atoms with Crippen LogP contribution in [0.3, 0.4) is 0 Å². The van der Waals surface area contributed by atoms with E-state index in [0.717, 1.165) is 70.6 Å². The minimum absolute atomic E-state index is 0.0532. The second kappa shape index (κ2) is 54.0. The Balaban J connectivity index is 4.51. The average Bonchev–Trinajstić information content (AvgIpc) is 3.31. The summed E-state index contributed by atoms with van der Waals surface area (Å²) in [5.41, 5.74) is 0. The summed E-state index contributed by atoms with van der Waals surface area (Å²) in [6.07, 6.45) is 65.0. The molecule has 0 saturated carbocycles. The summed E-state index contributed by atoms with van der Waals surface area (Å²) in [6, 6.07) is -0.712. The first-order chi connectivity index (χ1) is 32.5. The Hall–Kier alpha value is -1.92. The number of hydrogen-bond donors (Lipinski definition) is 3. The van der Waals surface area contributed by atoms with Crippen molar-refractivity contribution in [2.24, 2.45) is 0 Å². The summed E-state index contributed by atoms with van der Waals surface area (Å²) in [5.74, 6) is -0.508. The van der Waals surface area contributed by atoms with Crippen LogP contribution in [0.2, 0.25) is 0 Å². The lowest BCUT2D eigenvalue weighted by Gasteiger charge is -2.24. The van der Waals surface area contributed by atoms with Crippen LogP contribution in [-0.2, 0) is 14.3 Å². The van der Waals surface area contributed by atoms with Gasteiger partial charge in [-0.3, -0.25) is 9.59 Å². The van der Waals surface area contributed by atoms with E-state index in [9.17, 15) is 19.8 Å². The van der Waals surface area contributed by atoms with Gasteiger partial charge in [0.2, 0.25) is 5.91 Å². The summed E-state index contributed by atoms with van der Waals surface area (Å²) in [4.78, 5) is 26.2. The normalized spacial score (nSPS) is 13.3. The second-order valence-corrected chi connectivity index (χ2v) is 20.1. The number of amides is 1. The van der Waals surface area contributed by atoms with E-state index in [1.807, 2.05) is 0 Å². The highest BCUT2D eigenvalue weighted by Gasteiger charge is 2.24. The SMILES string of the molecule is CCCCCCCCC/C=C\CCCC(CC(=O)NC(CO)C(O)CCCCCCCCCCCCCCCCCCC)OC(=O)CCCCCCC/C=C/C=C/CCCCCCCCC. The van der Waals surface area contributed by atoms with E-state index < -0.39 is 18.2 Å². The van der Waals surface area contributed by atoms with E-state index in [2.05, 4.69) is 62.5 Å². The maximum Gasteiger partial charge on any atom is 0.306 e. The lowest BCUT2D eigenvalue weighted by atomic mass is 10.0. The third kappa shape index (κ3) is 48.5. The van der Waals surface area contributed by atoms with Crippen molar-refractivity contribution in [1.82, 2.24) is 5.32 Å². The molecule has 6 nitrogen and oxygen atoms in total. The quantitative estimate of drug-likeness (QED) is 0.0244. The Labute approximate surface area is 411 Å². The fraction of sp³-hybridized carbons (Fsp3) is 0.867. The summed E-state index contributed by atoms with van der Waals surface area (Å²) in [5, 5.41) is 23.9. The largest absolute Gasteiger partial charge is 0.462 e.